The van der Waals surface area contributed by atoms with Gasteiger partial charge >= 0.3 is 0 Å². The topological polar surface area (TPSA) is 61.4 Å². The summed E-state index contributed by atoms with van der Waals surface area (Å²) in [6.45, 7) is 3.03. The Bertz CT molecular complexity index is 426. The maximum absolute atomic E-state index is 11.7. The highest BCUT2D eigenvalue weighted by molar-refractivity contribution is 5.96. The highest BCUT2D eigenvalue weighted by Crippen LogP contribution is 2.15. The lowest BCUT2D eigenvalue weighted by molar-refractivity contribution is -0.124. The largest absolute Gasteiger partial charge is 0.378 e. The number of hydrogen-bond donors (Lipinski definition) is 2. The molecule has 0 aliphatic carbocycles. The molecule has 0 bridgehead atoms. The second-order valence-electron chi connectivity index (χ2n) is 4.35. The van der Waals surface area contributed by atoms with Crippen LogP contribution in [-0.2, 0) is 9.59 Å². The Morgan fingerprint density at radius 1 is 1.17 bits per heavy atom. The number of carbonyl (C=O) groups is 2. The number of amides is 2. The van der Waals surface area contributed by atoms with Gasteiger partial charge < -0.3 is 15.5 Å². The van der Waals surface area contributed by atoms with Crippen LogP contribution in [0, 0.1) is 0 Å². The van der Waals surface area contributed by atoms with Crippen molar-refractivity contribution >= 4 is 23.2 Å². The summed E-state index contributed by atoms with van der Waals surface area (Å²) in [6.07, 6.45) is 0. The van der Waals surface area contributed by atoms with Gasteiger partial charge in [-0.05, 0) is 31.2 Å². The summed E-state index contributed by atoms with van der Waals surface area (Å²) in [7, 11) is 3.90. The fraction of sp³-hybridized carbons (Fsp3) is 0.385. The third-order valence-electron chi connectivity index (χ3n) is 2.46. The van der Waals surface area contributed by atoms with Crippen molar-refractivity contribution < 1.29 is 9.59 Å². The molecule has 1 rings (SSSR count). The molecule has 0 aliphatic rings. The summed E-state index contributed by atoms with van der Waals surface area (Å²) >= 11 is 0. The number of nitrogens with one attached hydrogen (secondary N) is 2. The first kappa shape index (κ1) is 14.0. The number of benzene rings is 1. The predicted octanol–water partition coefficient (Wildman–Crippen LogP) is 1.22. The van der Waals surface area contributed by atoms with Crippen LogP contribution in [0.1, 0.15) is 13.8 Å². The molecular formula is C13H19N3O2. The van der Waals surface area contributed by atoms with Crippen molar-refractivity contribution in [2.75, 3.05) is 24.3 Å². The van der Waals surface area contributed by atoms with Crippen LogP contribution in [0.25, 0.3) is 0 Å². The SMILES string of the molecule is CC(=O)NC(C)C(=O)Nc1ccc(N(C)C)cc1. The van der Waals surface area contributed by atoms with Gasteiger partial charge in [-0.1, -0.05) is 0 Å². The molecule has 0 saturated carbocycles. The summed E-state index contributed by atoms with van der Waals surface area (Å²) in [5, 5.41) is 5.27. The van der Waals surface area contributed by atoms with Crippen molar-refractivity contribution in [2.24, 2.45) is 0 Å². The van der Waals surface area contributed by atoms with E-state index in [1.807, 2.05) is 43.3 Å². The van der Waals surface area contributed by atoms with E-state index in [1.54, 1.807) is 6.92 Å². The molecule has 18 heavy (non-hydrogen) atoms. The van der Waals surface area contributed by atoms with Crippen molar-refractivity contribution in [3.8, 4) is 0 Å². The monoisotopic (exact) mass is 249 g/mol. The van der Waals surface area contributed by atoms with Gasteiger partial charge in [0.15, 0.2) is 0 Å². The molecule has 5 heteroatoms. The average Bonchev–Trinajstić information content (AvgIpc) is 2.28. The first-order chi connectivity index (χ1) is 8.40. The Hall–Kier alpha value is -2.04. The molecule has 0 fully saturated rings. The van der Waals surface area contributed by atoms with E-state index in [2.05, 4.69) is 10.6 Å². The normalized spacial score (nSPS) is 11.6. The van der Waals surface area contributed by atoms with Gasteiger partial charge in [0.2, 0.25) is 11.8 Å². The number of nitrogens with zero attached hydrogens (tertiary/aromatic N) is 1. The highest BCUT2D eigenvalue weighted by Gasteiger charge is 2.13. The van der Waals surface area contributed by atoms with Crippen molar-refractivity contribution in [3.63, 3.8) is 0 Å². The van der Waals surface area contributed by atoms with E-state index in [0.29, 0.717) is 5.69 Å². The molecule has 0 aliphatic heterocycles. The van der Waals surface area contributed by atoms with E-state index in [1.165, 1.54) is 6.92 Å². The standard InChI is InChI=1S/C13H19N3O2/c1-9(14-10(2)17)13(18)15-11-5-7-12(8-6-11)16(3)4/h5-9H,1-4H3,(H,14,17)(H,15,18). The van der Waals surface area contributed by atoms with Crippen molar-refractivity contribution in [1.29, 1.82) is 0 Å². The molecule has 0 radical (unpaired) electrons. The molecule has 2 amide bonds. The van der Waals surface area contributed by atoms with E-state index in [0.717, 1.165) is 5.69 Å². The van der Waals surface area contributed by atoms with Crippen LogP contribution in [0.4, 0.5) is 11.4 Å². The molecule has 1 atom stereocenters. The fourth-order valence-electron chi connectivity index (χ4n) is 1.46. The summed E-state index contributed by atoms with van der Waals surface area (Å²) in [5.41, 5.74) is 1.77. The zero-order valence-electron chi connectivity index (χ0n) is 11.2. The lowest BCUT2D eigenvalue weighted by Crippen LogP contribution is -2.40. The molecule has 0 aromatic heterocycles. The highest BCUT2D eigenvalue weighted by atomic mass is 16.2. The minimum Gasteiger partial charge on any atom is -0.378 e. The zero-order valence-corrected chi connectivity index (χ0v) is 11.2. The van der Waals surface area contributed by atoms with Gasteiger partial charge in [0.25, 0.3) is 0 Å². The van der Waals surface area contributed by atoms with Gasteiger partial charge in [0, 0.05) is 32.4 Å². The molecule has 2 N–H and O–H groups in total. The van der Waals surface area contributed by atoms with Gasteiger partial charge in [0.05, 0.1) is 0 Å². The molecule has 1 unspecified atom stereocenters. The molecular weight excluding hydrogens is 230 g/mol. The van der Waals surface area contributed by atoms with Crippen LogP contribution in [0.3, 0.4) is 0 Å². The molecule has 0 spiro atoms. The summed E-state index contributed by atoms with van der Waals surface area (Å²) in [6, 6.07) is 6.94. The predicted molar refractivity (Wildman–Crippen MR) is 72.7 cm³/mol. The number of carbonyl (C=O) groups excluding carboxylic acids is 2. The molecule has 0 saturated heterocycles. The van der Waals surface area contributed by atoms with E-state index in [-0.39, 0.29) is 11.8 Å². The maximum atomic E-state index is 11.7. The Kier molecular flexibility index (Phi) is 4.71. The first-order valence-electron chi connectivity index (χ1n) is 5.75. The van der Waals surface area contributed by atoms with Crippen LogP contribution < -0.4 is 15.5 Å². The van der Waals surface area contributed by atoms with Crippen molar-refractivity contribution in [1.82, 2.24) is 5.32 Å². The second-order valence-corrected chi connectivity index (χ2v) is 4.35. The molecule has 1 aromatic carbocycles. The third-order valence-corrected chi connectivity index (χ3v) is 2.46. The number of rotatable bonds is 4. The molecule has 0 heterocycles. The van der Waals surface area contributed by atoms with E-state index in [4.69, 9.17) is 0 Å². The van der Waals surface area contributed by atoms with Gasteiger partial charge in [-0.25, -0.2) is 0 Å². The number of hydrogen-bond acceptors (Lipinski definition) is 3. The lowest BCUT2D eigenvalue weighted by atomic mass is 10.2. The van der Waals surface area contributed by atoms with Crippen LogP contribution in [-0.4, -0.2) is 32.0 Å². The fourth-order valence-corrected chi connectivity index (χ4v) is 1.46. The maximum Gasteiger partial charge on any atom is 0.246 e. The van der Waals surface area contributed by atoms with Gasteiger partial charge in [-0.2, -0.15) is 0 Å². The van der Waals surface area contributed by atoms with Gasteiger partial charge in [-0.3, -0.25) is 9.59 Å². The van der Waals surface area contributed by atoms with E-state index < -0.39 is 6.04 Å². The summed E-state index contributed by atoms with van der Waals surface area (Å²) in [4.78, 5) is 24.5. The Labute approximate surface area is 107 Å². The Balaban J connectivity index is 2.62. The van der Waals surface area contributed by atoms with Crippen LogP contribution >= 0.6 is 0 Å². The smallest absolute Gasteiger partial charge is 0.246 e. The minimum absolute atomic E-state index is 0.222. The molecule has 98 valence electrons. The van der Waals surface area contributed by atoms with Crippen LogP contribution in [0.5, 0.6) is 0 Å². The second kappa shape index (κ2) is 6.05. The van der Waals surface area contributed by atoms with Crippen molar-refractivity contribution in [3.05, 3.63) is 24.3 Å². The van der Waals surface area contributed by atoms with E-state index >= 15 is 0 Å². The third kappa shape index (κ3) is 4.08. The zero-order chi connectivity index (χ0) is 13.7. The minimum atomic E-state index is -0.545. The van der Waals surface area contributed by atoms with Gasteiger partial charge in [0.1, 0.15) is 6.04 Å². The molecule has 5 nitrogen and oxygen atoms in total. The molecule has 1 aromatic rings. The lowest BCUT2D eigenvalue weighted by Gasteiger charge is -2.15. The first-order valence-corrected chi connectivity index (χ1v) is 5.75. The Morgan fingerprint density at radius 2 is 1.72 bits per heavy atom. The quantitative estimate of drug-likeness (QED) is 0.843. The number of anilines is 2. The van der Waals surface area contributed by atoms with Crippen LogP contribution in [0.2, 0.25) is 0 Å². The van der Waals surface area contributed by atoms with Gasteiger partial charge in [-0.15, -0.1) is 0 Å². The van der Waals surface area contributed by atoms with E-state index in [9.17, 15) is 9.59 Å². The Morgan fingerprint density at radius 3 is 2.17 bits per heavy atom. The van der Waals surface area contributed by atoms with Crippen molar-refractivity contribution in [2.45, 2.75) is 19.9 Å². The summed E-state index contributed by atoms with van der Waals surface area (Å²) < 4.78 is 0. The van der Waals surface area contributed by atoms with Crippen LogP contribution in [0.15, 0.2) is 24.3 Å². The average molecular weight is 249 g/mol. The summed E-state index contributed by atoms with van der Waals surface area (Å²) in [5.74, 6) is -0.455.